The first-order valence-corrected chi connectivity index (χ1v) is 10.3. The third kappa shape index (κ3) is 10.2. The zero-order valence-electron chi connectivity index (χ0n) is 18.6. The molecule has 0 saturated heterocycles. The second-order valence-electron chi connectivity index (χ2n) is 7.60. The zero-order chi connectivity index (χ0) is 26.7. The highest BCUT2D eigenvalue weighted by atomic mass is 16.4. The number of aliphatic hydroxyl groups excluding tert-OH is 1. The molecule has 5 atom stereocenters. The van der Waals surface area contributed by atoms with Gasteiger partial charge in [-0.25, -0.2) is 9.78 Å². The van der Waals surface area contributed by atoms with Crippen molar-refractivity contribution in [1.82, 2.24) is 25.9 Å². The summed E-state index contributed by atoms with van der Waals surface area (Å²) in [4.78, 5) is 77.5. The standard InChI is InChI=1S/C19H28N6O10/c1-8(26)15(20)18(33)23-10(2-3-13(27)28)16(31)24-11(4-9-6-21-7-22-9)17(32)25-12(19(34)35)5-14(29)30/h6-8,10-12,15,26H,2-5,20H2,1H3,(H,21,22)(H,23,33)(H,24,31)(H,25,32)(H,27,28)(H,29,30)(H,34,35). The van der Waals surface area contributed by atoms with E-state index in [2.05, 4.69) is 20.6 Å². The largest absolute Gasteiger partial charge is 0.481 e. The van der Waals surface area contributed by atoms with Crippen molar-refractivity contribution in [1.29, 1.82) is 0 Å². The summed E-state index contributed by atoms with van der Waals surface area (Å²) in [5.41, 5.74) is 5.88. The third-order valence-electron chi connectivity index (χ3n) is 4.71. The molecule has 1 aromatic heterocycles. The number of carbonyl (C=O) groups is 6. The molecule has 194 valence electrons. The summed E-state index contributed by atoms with van der Waals surface area (Å²) in [6.07, 6.45) is -0.773. The summed E-state index contributed by atoms with van der Waals surface area (Å²) < 4.78 is 0. The van der Waals surface area contributed by atoms with Crippen LogP contribution in [0.5, 0.6) is 0 Å². The second kappa shape index (κ2) is 13.6. The average molecular weight is 500 g/mol. The van der Waals surface area contributed by atoms with Crippen LogP contribution in [-0.4, -0.2) is 96.3 Å². The molecule has 0 fully saturated rings. The van der Waals surface area contributed by atoms with Gasteiger partial charge in [-0.2, -0.15) is 0 Å². The molecule has 35 heavy (non-hydrogen) atoms. The van der Waals surface area contributed by atoms with Crippen LogP contribution in [0.15, 0.2) is 12.5 Å². The number of aromatic nitrogens is 2. The van der Waals surface area contributed by atoms with Gasteiger partial charge in [-0.1, -0.05) is 0 Å². The van der Waals surface area contributed by atoms with E-state index in [4.69, 9.17) is 15.9 Å². The van der Waals surface area contributed by atoms with Crippen LogP contribution >= 0.6 is 0 Å². The number of hydrogen-bond donors (Lipinski definition) is 9. The molecule has 0 aliphatic carbocycles. The first-order valence-electron chi connectivity index (χ1n) is 10.3. The van der Waals surface area contributed by atoms with Gasteiger partial charge in [0.1, 0.15) is 24.2 Å². The van der Waals surface area contributed by atoms with Crippen molar-refractivity contribution in [3.63, 3.8) is 0 Å². The molecule has 5 unspecified atom stereocenters. The van der Waals surface area contributed by atoms with Crippen LogP contribution < -0.4 is 21.7 Å². The molecular formula is C19H28N6O10. The fourth-order valence-electron chi connectivity index (χ4n) is 2.77. The van der Waals surface area contributed by atoms with Crippen LogP contribution in [-0.2, 0) is 35.2 Å². The van der Waals surface area contributed by atoms with Gasteiger partial charge in [-0.15, -0.1) is 0 Å². The van der Waals surface area contributed by atoms with Crippen LogP contribution in [0.3, 0.4) is 0 Å². The molecule has 1 rings (SSSR count). The fourth-order valence-corrected chi connectivity index (χ4v) is 2.77. The Bertz CT molecular complexity index is 919. The Labute approximate surface area is 198 Å². The lowest BCUT2D eigenvalue weighted by Crippen LogP contribution is -2.58. The topological polar surface area (TPSA) is 274 Å². The number of nitrogens with one attached hydrogen (secondary N) is 4. The van der Waals surface area contributed by atoms with Crippen molar-refractivity contribution < 1.29 is 49.2 Å². The van der Waals surface area contributed by atoms with E-state index in [1.807, 2.05) is 5.32 Å². The highest BCUT2D eigenvalue weighted by Crippen LogP contribution is 2.05. The SMILES string of the molecule is CC(O)C(N)C(=O)NC(CCC(=O)O)C(=O)NC(Cc1cnc[nH]1)C(=O)NC(CC(=O)O)C(=O)O. The fraction of sp³-hybridized carbons (Fsp3) is 0.526. The van der Waals surface area contributed by atoms with Gasteiger partial charge >= 0.3 is 17.9 Å². The van der Waals surface area contributed by atoms with Gasteiger partial charge in [0.05, 0.1) is 18.9 Å². The van der Waals surface area contributed by atoms with Crippen molar-refractivity contribution in [3.8, 4) is 0 Å². The molecule has 10 N–H and O–H groups in total. The Morgan fingerprint density at radius 1 is 0.943 bits per heavy atom. The molecule has 0 radical (unpaired) electrons. The van der Waals surface area contributed by atoms with Crippen LogP contribution in [0.25, 0.3) is 0 Å². The number of H-pyrrole nitrogens is 1. The minimum absolute atomic E-state index is 0.232. The number of imidazole rings is 1. The third-order valence-corrected chi connectivity index (χ3v) is 4.71. The van der Waals surface area contributed by atoms with Gasteiger partial charge in [0, 0.05) is 24.7 Å². The van der Waals surface area contributed by atoms with Gasteiger partial charge in [-0.05, 0) is 13.3 Å². The number of nitrogens with zero attached hydrogens (tertiary/aromatic N) is 1. The Morgan fingerprint density at radius 2 is 1.51 bits per heavy atom. The van der Waals surface area contributed by atoms with Gasteiger partial charge in [0.15, 0.2) is 0 Å². The number of rotatable bonds is 15. The molecule has 0 aliphatic heterocycles. The molecule has 16 nitrogen and oxygen atoms in total. The van der Waals surface area contributed by atoms with E-state index in [9.17, 15) is 39.0 Å². The lowest BCUT2D eigenvalue weighted by molar-refractivity contribution is -0.147. The Hall–Kier alpha value is -4.05. The monoisotopic (exact) mass is 500 g/mol. The second-order valence-corrected chi connectivity index (χ2v) is 7.60. The normalized spacial score (nSPS) is 15.1. The van der Waals surface area contributed by atoms with Crippen LogP contribution in [0.4, 0.5) is 0 Å². The van der Waals surface area contributed by atoms with Crippen molar-refractivity contribution in [2.45, 2.75) is 62.9 Å². The lowest BCUT2D eigenvalue weighted by Gasteiger charge is -2.25. The molecule has 3 amide bonds. The van der Waals surface area contributed by atoms with Crippen LogP contribution in [0.2, 0.25) is 0 Å². The van der Waals surface area contributed by atoms with Crippen molar-refractivity contribution in [3.05, 3.63) is 18.2 Å². The van der Waals surface area contributed by atoms with Crippen molar-refractivity contribution >= 4 is 35.6 Å². The first kappa shape index (κ1) is 29.0. The minimum Gasteiger partial charge on any atom is -0.481 e. The smallest absolute Gasteiger partial charge is 0.326 e. The number of aliphatic carboxylic acids is 3. The summed E-state index contributed by atoms with van der Waals surface area (Å²) in [7, 11) is 0. The number of aliphatic hydroxyl groups is 1. The highest BCUT2D eigenvalue weighted by Gasteiger charge is 2.32. The summed E-state index contributed by atoms with van der Waals surface area (Å²) in [5, 5.41) is 43.0. The van der Waals surface area contributed by atoms with E-state index in [1.165, 1.54) is 19.4 Å². The maximum Gasteiger partial charge on any atom is 0.326 e. The number of aromatic amines is 1. The quantitative estimate of drug-likeness (QED) is 0.114. The Morgan fingerprint density at radius 3 is 2.00 bits per heavy atom. The van der Waals surface area contributed by atoms with Crippen LogP contribution in [0.1, 0.15) is 31.9 Å². The molecule has 1 heterocycles. The van der Waals surface area contributed by atoms with E-state index in [0.717, 1.165) is 0 Å². The number of carboxylic acid groups (broad SMARTS) is 3. The predicted octanol–water partition coefficient (Wildman–Crippen LogP) is -3.46. The van der Waals surface area contributed by atoms with Crippen molar-refractivity contribution in [2.24, 2.45) is 5.73 Å². The summed E-state index contributed by atoms with van der Waals surface area (Å²) in [6.45, 7) is 1.23. The Balaban J connectivity index is 3.11. The van der Waals surface area contributed by atoms with E-state index in [-0.39, 0.29) is 6.42 Å². The number of carbonyl (C=O) groups excluding carboxylic acids is 3. The van der Waals surface area contributed by atoms with Gasteiger partial charge < -0.3 is 47.1 Å². The van der Waals surface area contributed by atoms with Crippen molar-refractivity contribution in [2.75, 3.05) is 0 Å². The van der Waals surface area contributed by atoms with Crippen LogP contribution in [0, 0.1) is 0 Å². The van der Waals surface area contributed by atoms with Gasteiger partial charge in [0.25, 0.3) is 0 Å². The van der Waals surface area contributed by atoms with Gasteiger partial charge in [0.2, 0.25) is 17.7 Å². The lowest BCUT2D eigenvalue weighted by atomic mass is 10.1. The maximum absolute atomic E-state index is 12.9. The molecule has 0 saturated carbocycles. The number of amides is 3. The first-order chi connectivity index (χ1) is 16.3. The molecule has 1 aromatic rings. The number of hydrogen-bond acceptors (Lipinski definition) is 9. The average Bonchev–Trinajstić information content (AvgIpc) is 3.27. The van der Waals surface area contributed by atoms with E-state index in [0.29, 0.717) is 5.69 Å². The Kier molecular flexibility index (Phi) is 11.3. The highest BCUT2D eigenvalue weighted by molar-refractivity contribution is 5.95. The zero-order valence-corrected chi connectivity index (χ0v) is 18.6. The van der Waals surface area contributed by atoms with Gasteiger partial charge in [-0.3, -0.25) is 24.0 Å². The summed E-state index contributed by atoms with van der Waals surface area (Å²) in [6, 6.07) is -6.16. The molecular weight excluding hydrogens is 472 g/mol. The minimum atomic E-state index is -1.80. The molecule has 0 bridgehead atoms. The molecule has 0 aromatic carbocycles. The predicted molar refractivity (Wildman–Crippen MR) is 114 cm³/mol. The van der Waals surface area contributed by atoms with E-state index < -0.39 is 85.2 Å². The molecule has 16 heteroatoms. The van der Waals surface area contributed by atoms with E-state index in [1.54, 1.807) is 0 Å². The maximum atomic E-state index is 12.9. The number of nitrogens with two attached hydrogens (primary N) is 1. The summed E-state index contributed by atoms with van der Waals surface area (Å²) >= 11 is 0. The molecule has 0 spiro atoms. The van der Waals surface area contributed by atoms with E-state index >= 15 is 0 Å². The number of carboxylic acids is 3. The summed E-state index contributed by atoms with van der Waals surface area (Å²) in [5.74, 6) is -7.38. The molecule has 0 aliphatic rings.